The van der Waals surface area contributed by atoms with E-state index >= 15 is 0 Å². The smallest absolute Gasteiger partial charge is 0.150 e. The van der Waals surface area contributed by atoms with Crippen LogP contribution in [0, 0.1) is 0 Å². The largest absolute Gasteiger partial charge is 0.298 e. The van der Waals surface area contributed by atoms with Crippen LogP contribution < -0.4 is 0 Å². The molecular weight excluding hydrogens is 296 g/mol. The van der Waals surface area contributed by atoms with Crippen molar-refractivity contribution in [1.29, 1.82) is 0 Å². The van der Waals surface area contributed by atoms with Crippen LogP contribution in [0.3, 0.4) is 0 Å². The Labute approximate surface area is 94.8 Å². The Kier molecular flexibility index (Phi) is 4.67. The summed E-state index contributed by atoms with van der Waals surface area (Å²) in [6.45, 7) is 0. The highest BCUT2D eigenvalue weighted by molar-refractivity contribution is 9.10. The van der Waals surface area contributed by atoms with Crippen molar-refractivity contribution in [2.45, 2.75) is 12.8 Å². The number of carbonyl (C=O) groups excluding carboxylic acids is 1. The lowest BCUT2D eigenvalue weighted by molar-refractivity contribution is 0.112. The van der Waals surface area contributed by atoms with E-state index in [9.17, 15) is 4.79 Å². The molecule has 1 aromatic carbocycles. The average Bonchev–Trinajstić information content (AvgIpc) is 2.15. The van der Waals surface area contributed by atoms with Gasteiger partial charge in [-0.25, -0.2) is 0 Å². The van der Waals surface area contributed by atoms with Crippen molar-refractivity contribution in [1.82, 2.24) is 0 Å². The molecule has 0 N–H and O–H groups in total. The van der Waals surface area contributed by atoms with E-state index in [1.54, 1.807) is 0 Å². The molecule has 3 heteroatoms. The third kappa shape index (κ3) is 2.92. The Balaban J connectivity index is 2.93. The molecule has 0 unspecified atom stereocenters. The topological polar surface area (TPSA) is 17.1 Å². The average molecular weight is 306 g/mol. The molecule has 0 aromatic heterocycles. The summed E-state index contributed by atoms with van der Waals surface area (Å²) in [5.74, 6) is 0. The predicted molar refractivity (Wildman–Crippen MR) is 61.6 cm³/mol. The van der Waals surface area contributed by atoms with Crippen molar-refractivity contribution >= 4 is 38.1 Å². The standard InChI is InChI=1S/C10H10Br2O/c11-6-2-4-9-8(7-13)3-1-5-10(9)12/h1,3,5,7H,2,4,6H2. The van der Waals surface area contributed by atoms with Crippen molar-refractivity contribution in [3.05, 3.63) is 33.8 Å². The highest BCUT2D eigenvalue weighted by Crippen LogP contribution is 2.21. The summed E-state index contributed by atoms with van der Waals surface area (Å²) in [4.78, 5) is 10.7. The van der Waals surface area contributed by atoms with E-state index < -0.39 is 0 Å². The lowest BCUT2D eigenvalue weighted by Gasteiger charge is -2.05. The SMILES string of the molecule is O=Cc1cccc(Br)c1CCCBr. The Bertz CT molecular complexity index is 297. The number of alkyl halides is 1. The molecule has 0 atom stereocenters. The van der Waals surface area contributed by atoms with E-state index in [0.717, 1.165) is 40.1 Å². The Hall–Kier alpha value is -0.150. The molecule has 1 aromatic rings. The molecule has 0 spiro atoms. The molecule has 13 heavy (non-hydrogen) atoms. The van der Waals surface area contributed by atoms with E-state index in [1.165, 1.54) is 0 Å². The number of aldehydes is 1. The lowest BCUT2D eigenvalue weighted by Crippen LogP contribution is -1.94. The van der Waals surface area contributed by atoms with E-state index in [4.69, 9.17) is 0 Å². The number of carbonyl (C=O) groups is 1. The van der Waals surface area contributed by atoms with Gasteiger partial charge in [0.25, 0.3) is 0 Å². The van der Waals surface area contributed by atoms with Gasteiger partial charge in [-0.2, -0.15) is 0 Å². The summed E-state index contributed by atoms with van der Waals surface area (Å²) in [6.07, 6.45) is 2.89. The maximum Gasteiger partial charge on any atom is 0.150 e. The van der Waals surface area contributed by atoms with Gasteiger partial charge in [-0.05, 0) is 24.5 Å². The third-order valence-corrected chi connectivity index (χ3v) is 3.15. The van der Waals surface area contributed by atoms with Crippen LogP contribution in [0.5, 0.6) is 0 Å². The van der Waals surface area contributed by atoms with Gasteiger partial charge in [0.15, 0.2) is 0 Å². The maximum absolute atomic E-state index is 10.7. The highest BCUT2D eigenvalue weighted by atomic mass is 79.9. The summed E-state index contributed by atoms with van der Waals surface area (Å²) in [5.41, 5.74) is 1.90. The molecule has 0 saturated carbocycles. The van der Waals surface area contributed by atoms with Gasteiger partial charge in [-0.15, -0.1) is 0 Å². The molecule has 70 valence electrons. The minimum absolute atomic E-state index is 0.787. The molecule has 1 rings (SSSR count). The van der Waals surface area contributed by atoms with Gasteiger partial charge in [0, 0.05) is 15.4 Å². The first-order chi connectivity index (χ1) is 6.29. The summed E-state index contributed by atoms with van der Waals surface area (Å²) in [5, 5.41) is 0.965. The van der Waals surface area contributed by atoms with Crippen LogP contribution in [0.25, 0.3) is 0 Å². The minimum atomic E-state index is 0.787. The molecule has 0 fully saturated rings. The Morgan fingerprint density at radius 2 is 2.15 bits per heavy atom. The van der Waals surface area contributed by atoms with Crippen molar-refractivity contribution in [2.75, 3.05) is 5.33 Å². The molecule has 0 radical (unpaired) electrons. The summed E-state index contributed by atoms with van der Waals surface area (Å²) in [7, 11) is 0. The van der Waals surface area contributed by atoms with Crippen LogP contribution in [0.4, 0.5) is 0 Å². The molecule has 0 aliphatic rings. The second-order valence-corrected chi connectivity index (χ2v) is 4.37. The van der Waals surface area contributed by atoms with Gasteiger partial charge < -0.3 is 0 Å². The molecule has 0 heterocycles. The molecule has 0 amide bonds. The van der Waals surface area contributed by atoms with Crippen LogP contribution in [0.15, 0.2) is 22.7 Å². The van der Waals surface area contributed by atoms with E-state index in [1.807, 2.05) is 18.2 Å². The predicted octanol–water partition coefficient (Wildman–Crippen LogP) is 3.59. The van der Waals surface area contributed by atoms with Crippen LogP contribution in [-0.2, 0) is 6.42 Å². The molecular formula is C10H10Br2O. The van der Waals surface area contributed by atoms with E-state index in [-0.39, 0.29) is 0 Å². The molecule has 0 aliphatic carbocycles. The zero-order valence-electron chi connectivity index (χ0n) is 7.09. The van der Waals surface area contributed by atoms with Crippen molar-refractivity contribution in [2.24, 2.45) is 0 Å². The Morgan fingerprint density at radius 1 is 1.38 bits per heavy atom. The number of halogens is 2. The van der Waals surface area contributed by atoms with Crippen molar-refractivity contribution in [3.63, 3.8) is 0 Å². The van der Waals surface area contributed by atoms with Crippen molar-refractivity contribution in [3.8, 4) is 0 Å². The first kappa shape index (κ1) is 10.9. The van der Waals surface area contributed by atoms with Gasteiger partial charge in [-0.1, -0.05) is 44.0 Å². The summed E-state index contributed by atoms with van der Waals surface area (Å²) < 4.78 is 1.03. The van der Waals surface area contributed by atoms with Gasteiger partial charge in [0.05, 0.1) is 0 Å². The van der Waals surface area contributed by atoms with Crippen LogP contribution in [-0.4, -0.2) is 11.6 Å². The first-order valence-corrected chi connectivity index (χ1v) is 5.99. The fraction of sp³-hybridized carbons (Fsp3) is 0.300. The molecule has 0 saturated heterocycles. The zero-order valence-corrected chi connectivity index (χ0v) is 10.3. The first-order valence-electron chi connectivity index (χ1n) is 4.08. The second-order valence-electron chi connectivity index (χ2n) is 2.72. The van der Waals surface area contributed by atoms with E-state index in [0.29, 0.717) is 0 Å². The minimum Gasteiger partial charge on any atom is -0.298 e. The second kappa shape index (κ2) is 5.55. The quantitative estimate of drug-likeness (QED) is 0.614. The fourth-order valence-electron chi connectivity index (χ4n) is 1.19. The summed E-state index contributed by atoms with van der Waals surface area (Å²) in [6, 6.07) is 5.70. The summed E-state index contributed by atoms with van der Waals surface area (Å²) >= 11 is 6.82. The van der Waals surface area contributed by atoms with Crippen LogP contribution >= 0.6 is 31.9 Å². The Morgan fingerprint density at radius 3 is 2.77 bits per heavy atom. The monoisotopic (exact) mass is 304 g/mol. The maximum atomic E-state index is 10.7. The highest BCUT2D eigenvalue weighted by Gasteiger charge is 2.04. The van der Waals surface area contributed by atoms with E-state index in [2.05, 4.69) is 31.9 Å². The van der Waals surface area contributed by atoms with Gasteiger partial charge in [0.1, 0.15) is 6.29 Å². The molecule has 0 bridgehead atoms. The fourth-order valence-corrected chi connectivity index (χ4v) is 2.05. The lowest BCUT2D eigenvalue weighted by atomic mass is 10.0. The van der Waals surface area contributed by atoms with Crippen LogP contribution in [0.1, 0.15) is 22.3 Å². The van der Waals surface area contributed by atoms with Gasteiger partial charge >= 0.3 is 0 Å². The molecule has 1 nitrogen and oxygen atoms in total. The number of benzene rings is 1. The van der Waals surface area contributed by atoms with Gasteiger partial charge in [0.2, 0.25) is 0 Å². The van der Waals surface area contributed by atoms with Crippen molar-refractivity contribution < 1.29 is 4.79 Å². The zero-order chi connectivity index (χ0) is 9.68. The number of hydrogen-bond donors (Lipinski definition) is 0. The normalized spacial score (nSPS) is 10.0. The third-order valence-electron chi connectivity index (χ3n) is 1.84. The van der Waals surface area contributed by atoms with Gasteiger partial charge in [-0.3, -0.25) is 4.79 Å². The van der Waals surface area contributed by atoms with Crippen LogP contribution in [0.2, 0.25) is 0 Å². The number of hydrogen-bond acceptors (Lipinski definition) is 1. The molecule has 0 aliphatic heterocycles. The number of rotatable bonds is 4.